The van der Waals surface area contributed by atoms with Gasteiger partial charge in [0.1, 0.15) is 23.4 Å². The maximum Gasteiger partial charge on any atom is 0.134 e. The van der Waals surface area contributed by atoms with E-state index in [1.165, 1.54) is 10.4 Å². The number of nitriles is 1. The number of fused-ring (bicyclic) bond motifs is 1. The highest BCUT2D eigenvalue weighted by molar-refractivity contribution is 7.16. The molecule has 0 N–H and O–H groups in total. The molecule has 4 nitrogen and oxygen atoms in total. The standard InChI is InChI=1S/C29H24ClN3OS/c30-24-11-9-22(10-12-24)20-34-25-8-4-7-23(15-25)17-32-29-27(16-31)26-13-14-33(19-28(26)35-29)18-21-5-2-1-3-6-21/h1-12,15,17H,13-14,18-20H2. The molecule has 4 aromatic rings. The van der Waals surface area contributed by atoms with Crippen molar-refractivity contribution < 1.29 is 4.74 Å². The Morgan fingerprint density at radius 1 is 1.03 bits per heavy atom. The van der Waals surface area contributed by atoms with E-state index in [4.69, 9.17) is 21.3 Å². The fourth-order valence-electron chi connectivity index (χ4n) is 4.19. The number of rotatable bonds is 7. The molecule has 0 unspecified atom stereocenters. The number of hydrogen-bond acceptors (Lipinski definition) is 5. The molecule has 1 aromatic heterocycles. The molecule has 2 heterocycles. The molecular weight excluding hydrogens is 474 g/mol. The van der Waals surface area contributed by atoms with Crippen LogP contribution in [-0.4, -0.2) is 17.7 Å². The van der Waals surface area contributed by atoms with Gasteiger partial charge in [0.15, 0.2) is 0 Å². The SMILES string of the molecule is N#Cc1c(N=Cc2cccc(OCc3ccc(Cl)cc3)c2)sc2c1CCN(Cc1ccccc1)C2. The third-order valence-corrected chi connectivity index (χ3v) is 7.36. The van der Waals surface area contributed by atoms with Crippen LogP contribution in [0.5, 0.6) is 5.75 Å². The molecule has 0 amide bonds. The van der Waals surface area contributed by atoms with Crippen LogP contribution in [0.1, 0.15) is 32.7 Å². The first-order valence-corrected chi connectivity index (χ1v) is 12.7. The second kappa shape index (κ2) is 10.9. The van der Waals surface area contributed by atoms with Crippen molar-refractivity contribution in [2.75, 3.05) is 6.54 Å². The van der Waals surface area contributed by atoms with Gasteiger partial charge in [-0.25, -0.2) is 4.99 Å². The first-order chi connectivity index (χ1) is 17.2. The molecule has 0 bridgehead atoms. The predicted octanol–water partition coefficient (Wildman–Crippen LogP) is 7.16. The van der Waals surface area contributed by atoms with Gasteiger partial charge < -0.3 is 4.74 Å². The van der Waals surface area contributed by atoms with Gasteiger partial charge in [-0.3, -0.25) is 4.90 Å². The van der Waals surface area contributed by atoms with Gasteiger partial charge in [-0.15, -0.1) is 11.3 Å². The van der Waals surface area contributed by atoms with Gasteiger partial charge in [0.2, 0.25) is 0 Å². The first kappa shape index (κ1) is 23.3. The van der Waals surface area contributed by atoms with Crippen molar-refractivity contribution in [2.45, 2.75) is 26.1 Å². The van der Waals surface area contributed by atoms with Crippen LogP contribution in [0.3, 0.4) is 0 Å². The van der Waals surface area contributed by atoms with Gasteiger partial charge in [0.05, 0.1) is 5.56 Å². The molecule has 0 radical (unpaired) electrons. The van der Waals surface area contributed by atoms with Crippen LogP contribution in [-0.2, 0) is 26.1 Å². The number of hydrogen-bond donors (Lipinski definition) is 0. The minimum atomic E-state index is 0.466. The van der Waals surface area contributed by atoms with Crippen LogP contribution < -0.4 is 4.74 Å². The number of ether oxygens (including phenoxy) is 1. The van der Waals surface area contributed by atoms with E-state index in [1.54, 1.807) is 11.3 Å². The third kappa shape index (κ3) is 5.80. The maximum atomic E-state index is 9.84. The fourth-order valence-corrected chi connectivity index (χ4v) is 5.50. The van der Waals surface area contributed by atoms with Crippen molar-refractivity contribution in [1.82, 2.24) is 4.90 Å². The quantitative estimate of drug-likeness (QED) is 0.254. The fraction of sp³-hybridized carbons (Fsp3) is 0.172. The zero-order valence-electron chi connectivity index (χ0n) is 19.2. The highest BCUT2D eigenvalue weighted by atomic mass is 35.5. The minimum Gasteiger partial charge on any atom is -0.489 e. The Hall–Kier alpha value is -3.43. The summed E-state index contributed by atoms with van der Waals surface area (Å²) in [7, 11) is 0. The van der Waals surface area contributed by atoms with E-state index in [9.17, 15) is 5.26 Å². The Morgan fingerprint density at radius 3 is 2.66 bits per heavy atom. The summed E-state index contributed by atoms with van der Waals surface area (Å²) in [6.45, 7) is 3.19. The molecule has 0 atom stereocenters. The average molecular weight is 498 g/mol. The molecule has 0 saturated heterocycles. The Morgan fingerprint density at radius 2 is 1.86 bits per heavy atom. The topological polar surface area (TPSA) is 48.6 Å². The van der Waals surface area contributed by atoms with Crippen LogP contribution in [0, 0.1) is 11.3 Å². The number of benzene rings is 3. The third-order valence-electron chi connectivity index (χ3n) is 5.99. The lowest BCUT2D eigenvalue weighted by Crippen LogP contribution is -2.29. The molecular formula is C29H24ClN3OS. The lowest BCUT2D eigenvalue weighted by Gasteiger charge is -2.26. The van der Waals surface area contributed by atoms with E-state index in [1.807, 2.05) is 60.8 Å². The lowest BCUT2D eigenvalue weighted by molar-refractivity contribution is 0.249. The highest BCUT2D eigenvalue weighted by Gasteiger charge is 2.24. The van der Waals surface area contributed by atoms with Crippen molar-refractivity contribution in [3.05, 3.63) is 117 Å². The number of nitrogens with zero attached hydrogens (tertiary/aromatic N) is 3. The van der Waals surface area contributed by atoms with Crippen molar-refractivity contribution in [1.29, 1.82) is 5.26 Å². The van der Waals surface area contributed by atoms with Crippen molar-refractivity contribution in [2.24, 2.45) is 4.99 Å². The summed E-state index contributed by atoms with van der Waals surface area (Å²) in [5.41, 5.74) is 5.17. The molecule has 3 aromatic carbocycles. The van der Waals surface area contributed by atoms with Gasteiger partial charge in [0.25, 0.3) is 0 Å². The van der Waals surface area contributed by atoms with Crippen molar-refractivity contribution >= 4 is 34.2 Å². The second-order valence-electron chi connectivity index (χ2n) is 8.49. The van der Waals surface area contributed by atoms with Gasteiger partial charge in [-0.2, -0.15) is 5.26 Å². The molecule has 5 rings (SSSR count). The van der Waals surface area contributed by atoms with Crippen LogP contribution >= 0.6 is 22.9 Å². The van der Waals surface area contributed by atoms with Crippen LogP contribution in [0.4, 0.5) is 5.00 Å². The van der Waals surface area contributed by atoms with Gasteiger partial charge >= 0.3 is 0 Å². The molecule has 0 fully saturated rings. The van der Waals surface area contributed by atoms with Crippen LogP contribution in [0.2, 0.25) is 5.02 Å². The zero-order chi connectivity index (χ0) is 24.0. The molecule has 0 saturated carbocycles. The summed E-state index contributed by atoms with van der Waals surface area (Å²) in [5, 5.41) is 11.3. The molecule has 35 heavy (non-hydrogen) atoms. The van der Waals surface area contributed by atoms with Crippen LogP contribution in [0.25, 0.3) is 0 Å². The van der Waals surface area contributed by atoms with Crippen molar-refractivity contribution in [3.63, 3.8) is 0 Å². The van der Waals surface area contributed by atoms with E-state index >= 15 is 0 Å². The van der Waals surface area contributed by atoms with E-state index in [0.29, 0.717) is 11.6 Å². The number of halogens is 1. The Kier molecular flexibility index (Phi) is 7.25. The maximum absolute atomic E-state index is 9.84. The monoisotopic (exact) mass is 497 g/mol. The minimum absolute atomic E-state index is 0.466. The lowest BCUT2D eigenvalue weighted by atomic mass is 10.0. The predicted molar refractivity (Wildman–Crippen MR) is 143 cm³/mol. The molecule has 0 aliphatic carbocycles. The zero-order valence-corrected chi connectivity index (χ0v) is 20.7. The Labute approximate surface area is 214 Å². The summed E-state index contributed by atoms with van der Waals surface area (Å²) in [5.74, 6) is 0.770. The van der Waals surface area contributed by atoms with E-state index < -0.39 is 0 Å². The molecule has 1 aliphatic rings. The smallest absolute Gasteiger partial charge is 0.134 e. The first-order valence-electron chi connectivity index (χ1n) is 11.5. The molecule has 1 aliphatic heterocycles. The highest BCUT2D eigenvalue weighted by Crippen LogP contribution is 2.38. The van der Waals surface area contributed by atoms with Crippen molar-refractivity contribution in [3.8, 4) is 11.8 Å². The number of thiophene rings is 1. The largest absolute Gasteiger partial charge is 0.489 e. The van der Waals surface area contributed by atoms with Gasteiger partial charge in [-0.1, -0.05) is 66.2 Å². The second-order valence-corrected chi connectivity index (χ2v) is 10.0. The Bertz CT molecular complexity index is 1370. The molecule has 174 valence electrons. The van der Waals surface area contributed by atoms with E-state index in [-0.39, 0.29) is 0 Å². The van der Waals surface area contributed by atoms with E-state index in [0.717, 1.165) is 59.1 Å². The molecule has 6 heteroatoms. The van der Waals surface area contributed by atoms with Gasteiger partial charge in [-0.05, 0) is 52.9 Å². The summed E-state index contributed by atoms with van der Waals surface area (Å²) in [4.78, 5) is 8.39. The molecule has 0 spiro atoms. The van der Waals surface area contributed by atoms with E-state index in [2.05, 4.69) is 35.2 Å². The summed E-state index contributed by atoms with van der Waals surface area (Å²) >= 11 is 7.58. The van der Waals surface area contributed by atoms with Crippen LogP contribution in [0.15, 0.2) is 83.9 Å². The summed E-state index contributed by atoms with van der Waals surface area (Å²) < 4.78 is 5.94. The Balaban J connectivity index is 1.28. The number of aliphatic imine (C=N–C) groups is 1. The summed E-state index contributed by atoms with van der Waals surface area (Å²) in [6.07, 6.45) is 2.69. The average Bonchev–Trinajstić information content (AvgIpc) is 3.24. The van der Waals surface area contributed by atoms with Gasteiger partial charge in [0, 0.05) is 35.7 Å². The summed E-state index contributed by atoms with van der Waals surface area (Å²) in [6, 6.07) is 28.4. The normalized spacial score (nSPS) is 13.5.